The Morgan fingerprint density at radius 2 is 1.58 bits per heavy atom. The van der Waals surface area contributed by atoms with Crippen molar-refractivity contribution in [1.82, 2.24) is 0 Å². The number of benzene rings is 1. The van der Waals surface area contributed by atoms with Crippen LogP contribution in [0.5, 0.6) is 11.5 Å². The van der Waals surface area contributed by atoms with Crippen LogP contribution in [-0.4, -0.2) is 10.2 Å². The molecule has 5 rings (SSSR count). The van der Waals surface area contributed by atoms with Crippen molar-refractivity contribution >= 4 is 0 Å². The first-order chi connectivity index (χ1) is 17.8. The van der Waals surface area contributed by atoms with E-state index in [0.29, 0.717) is 28.4 Å². The van der Waals surface area contributed by atoms with E-state index in [-0.39, 0.29) is 16.6 Å². The molecule has 2 heteroatoms. The first kappa shape index (κ1) is 27.9. The number of rotatable bonds is 5. The number of phenols is 2. The molecule has 2 N–H and O–H groups in total. The lowest BCUT2D eigenvalue weighted by Crippen LogP contribution is -2.47. The highest BCUT2D eigenvalue weighted by molar-refractivity contribution is 5.40. The van der Waals surface area contributed by atoms with Gasteiger partial charge in [0.1, 0.15) is 11.5 Å². The Morgan fingerprint density at radius 3 is 2.34 bits per heavy atom. The van der Waals surface area contributed by atoms with Gasteiger partial charge in [0.05, 0.1) is 0 Å². The summed E-state index contributed by atoms with van der Waals surface area (Å²) in [6, 6.07) is 5.03. The zero-order chi connectivity index (χ0) is 27.5. The Hall–Kier alpha value is -1.70. The lowest BCUT2D eigenvalue weighted by Gasteiger charge is -2.56. The molecule has 38 heavy (non-hydrogen) atoms. The van der Waals surface area contributed by atoms with Crippen molar-refractivity contribution in [3.8, 4) is 11.5 Å². The van der Waals surface area contributed by atoms with Crippen molar-refractivity contribution in [2.45, 2.75) is 119 Å². The monoisotopic (exact) mass is 518 g/mol. The molecule has 4 aliphatic carbocycles. The maximum Gasteiger partial charge on any atom is 0.119 e. The first-order valence-corrected chi connectivity index (χ1v) is 15.7. The van der Waals surface area contributed by atoms with Crippen LogP contribution in [0, 0.1) is 45.3 Å². The third kappa shape index (κ3) is 4.56. The molecule has 0 heterocycles. The minimum Gasteiger partial charge on any atom is -0.508 e. The fourth-order valence-corrected chi connectivity index (χ4v) is 9.56. The summed E-state index contributed by atoms with van der Waals surface area (Å²) in [7, 11) is 0. The van der Waals surface area contributed by atoms with Gasteiger partial charge in [-0.3, -0.25) is 0 Å². The normalized spacial score (nSPS) is 40.5. The van der Waals surface area contributed by atoms with Crippen molar-refractivity contribution in [2.75, 3.05) is 0 Å². The molecule has 2 fully saturated rings. The van der Waals surface area contributed by atoms with Crippen LogP contribution in [0.2, 0.25) is 0 Å². The molecule has 0 radical (unpaired) electrons. The Balaban J connectivity index is 1.41. The summed E-state index contributed by atoms with van der Waals surface area (Å²) >= 11 is 0. The van der Waals surface area contributed by atoms with E-state index in [2.05, 4.69) is 60.6 Å². The molecule has 1 aromatic rings. The zero-order valence-electron chi connectivity index (χ0n) is 25.4. The van der Waals surface area contributed by atoms with Gasteiger partial charge in [-0.2, -0.15) is 0 Å². The molecule has 2 nitrogen and oxygen atoms in total. The van der Waals surface area contributed by atoms with Gasteiger partial charge in [-0.05, 0) is 133 Å². The fraction of sp³-hybridized carbons (Fsp3) is 0.722. The molecule has 0 spiro atoms. The number of phenolic OH excluding ortho intramolecular Hbond substituents is 2. The van der Waals surface area contributed by atoms with Crippen LogP contribution in [0.4, 0.5) is 0 Å². The molecule has 0 aliphatic heterocycles. The second-order valence-corrected chi connectivity index (χ2v) is 15.4. The van der Waals surface area contributed by atoms with Crippen LogP contribution in [0.1, 0.15) is 118 Å². The van der Waals surface area contributed by atoms with Gasteiger partial charge in [-0.25, -0.2) is 0 Å². The van der Waals surface area contributed by atoms with Crippen LogP contribution in [0.25, 0.3) is 0 Å². The van der Waals surface area contributed by atoms with Gasteiger partial charge in [0.15, 0.2) is 0 Å². The van der Waals surface area contributed by atoms with Gasteiger partial charge < -0.3 is 10.2 Å². The fourth-order valence-electron chi connectivity index (χ4n) is 9.56. The molecule has 0 saturated heterocycles. The molecule has 0 bridgehead atoms. The van der Waals surface area contributed by atoms with Crippen molar-refractivity contribution in [2.24, 2.45) is 45.3 Å². The van der Waals surface area contributed by atoms with Gasteiger partial charge in [0.2, 0.25) is 0 Å². The summed E-state index contributed by atoms with van der Waals surface area (Å²) in [5.74, 6) is 3.18. The van der Waals surface area contributed by atoms with Crippen molar-refractivity contribution in [3.63, 3.8) is 0 Å². The van der Waals surface area contributed by atoms with E-state index in [0.717, 1.165) is 30.2 Å². The average molecular weight is 519 g/mol. The Kier molecular flexibility index (Phi) is 7.14. The van der Waals surface area contributed by atoms with Crippen molar-refractivity contribution in [3.05, 3.63) is 47.1 Å². The Morgan fingerprint density at radius 1 is 0.816 bits per heavy atom. The zero-order valence-corrected chi connectivity index (χ0v) is 25.4. The maximum absolute atomic E-state index is 10.6. The predicted molar refractivity (Wildman–Crippen MR) is 159 cm³/mol. The Labute approximate surface area is 233 Å². The largest absolute Gasteiger partial charge is 0.508 e. The quantitative estimate of drug-likeness (QED) is 0.301. The minimum atomic E-state index is 0.0834. The SMILES string of the molecule is C[C@@H]1CC=C2[C@@H](CCC[C@@]2(C)CC[C@@]2(C)C3=CCCC(C)(C)[C@H]3CC[C@@H]2C)[C@]1(C)Cc1cc(O)ccc1O. The van der Waals surface area contributed by atoms with E-state index in [1.165, 1.54) is 57.8 Å². The second kappa shape index (κ2) is 9.74. The minimum absolute atomic E-state index is 0.0834. The molecular formula is C36H54O2. The first-order valence-electron chi connectivity index (χ1n) is 15.7. The number of hydrogen-bond acceptors (Lipinski definition) is 2. The third-order valence-corrected chi connectivity index (χ3v) is 12.8. The van der Waals surface area contributed by atoms with E-state index < -0.39 is 0 Å². The molecule has 0 unspecified atom stereocenters. The summed E-state index contributed by atoms with van der Waals surface area (Å²) in [6.07, 6.45) is 19.0. The Bertz CT molecular complexity index is 1110. The average Bonchev–Trinajstić information content (AvgIpc) is 2.85. The molecule has 210 valence electrons. The lowest BCUT2D eigenvalue weighted by molar-refractivity contribution is 0.0436. The van der Waals surface area contributed by atoms with E-state index in [1.807, 2.05) is 0 Å². The molecule has 2 saturated carbocycles. The second-order valence-electron chi connectivity index (χ2n) is 15.4. The van der Waals surface area contributed by atoms with Gasteiger partial charge >= 0.3 is 0 Å². The number of hydrogen-bond donors (Lipinski definition) is 2. The highest BCUT2D eigenvalue weighted by atomic mass is 16.3. The third-order valence-electron chi connectivity index (χ3n) is 12.8. The van der Waals surface area contributed by atoms with E-state index in [9.17, 15) is 10.2 Å². The molecule has 1 aromatic carbocycles. The summed E-state index contributed by atoms with van der Waals surface area (Å²) < 4.78 is 0. The summed E-state index contributed by atoms with van der Waals surface area (Å²) in [5.41, 5.74) is 5.51. The van der Waals surface area contributed by atoms with Crippen LogP contribution >= 0.6 is 0 Å². The summed E-state index contributed by atoms with van der Waals surface area (Å²) in [6.45, 7) is 17.6. The number of fused-ring (bicyclic) bond motifs is 2. The maximum atomic E-state index is 10.6. The van der Waals surface area contributed by atoms with Crippen LogP contribution < -0.4 is 0 Å². The van der Waals surface area contributed by atoms with E-state index >= 15 is 0 Å². The molecule has 4 aliphatic rings. The highest BCUT2D eigenvalue weighted by Gasteiger charge is 2.52. The van der Waals surface area contributed by atoms with Crippen molar-refractivity contribution < 1.29 is 10.2 Å². The van der Waals surface area contributed by atoms with E-state index in [4.69, 9.17) is 0 Å². The van der Waals surface area contributed by atoms with Crippen LogP contribution in [-0.2, 0) is 6.42 Å². The molecule has 0 amide bonds. The predicted octanol–water partition coefficient (Wildman–Crippen LogP) is 10.00. The summed E-state index contributed by atoms with van der Waals surface area (Å²) in [5, 5.41) is 20.8. The standard InChI is InChI=1S/C36H54O2/c1-24-12-15-28-30(10-8-18-33(28,3)4)35(24,6)21-20-34(5)19-9-11-31-29(34)16-13-25(2)36(31,7)23-26-22-27(37)14-17-32(26)38/h10,14,16-17,22,24-25,28,31,37-38H,8-9,11-13,15,18-21,23H2,1-7H3/t24-,25+,28-,31+,34-,35+,36+/m0/s1. The van der Waals surface area contributed by atoms with E-state index in [1.54, 1.807) is 29.3 Å². The van der Waals surface area contributed by atoms with Crippen molar-refractivity contribution in [1.29, 1.82) is 0 Å². The number of allylic oxidation sites excluding steroid dienone is 4. The van der Waals surface area contributed by atoms with Crippen LogP contribution in [0.3, 0.4) is 0 Å². The molecule has 7 atom stereocenters. The highest BCUT2D eigenvalue weighted by Crippen LogP contribution is 2.62. The topological polar surface area (TPSA) is 40.5 Å². The summed E-state index contributed by atoms with van der Waals surface area (Å²) in [4.78, 5) is 0. The van der Waals surface area contributed by atoms with Gasteiger partial charge in [0.25, 0.3) is 0 Å². The molecule has 0 aromatic heterocycles. The van der Waals surface area contributed by atoms with Gasteiger partial charge in [-0.1, -0.05) is 78.2 Å². The lowest BCUT2D eigenvalue weighted by atomic mass is 9.48. The van der Waals surface area contributed by atoms with Crippen LogP contribution in [0.15, 0.2) is 41.5 Å². The molecular weight excluding hydrogens is 464 g/mol. The number of aromatic hydroxyl groups is 2. The smallest absolute Gasteiger partial charge is 0.119 e. The van der Waals surface area contributed by atoms with Gasteiger partial charge in [-0.15, -0.1) is 0 Å². The van der Waals surface area contributed by atoms with Gasteiger partial charge in [0, 0.05) is 0 Å².